The number of nitrogens with zero attached hydrogens (tertiary/aromatic N) is 2. The first-order valence-electron chi connectivity index (χ1n) is 10.8. The Hall–Kier alpha value is -2.48. The second kappa shape index (κ2) is 12.5. The van der Waals surface area contributed by atoms with Crippen LogP contribution >= 0.6 is 11.6 Å². The van der Waals surface area contributed by atoms with Gasteiger partial charge in [-0.15, -0.1) is 0 Å². The number of rotatable bonds is 6. The highest BCUT2D eigenvalue weighted by molar-refractivity contribution is 6.28. The van der Waals surface area contributed by atoms with Crippen LogP contribution in [-0.2, 0) is 14.2 Å². The van der Waals surface area contributed by atoms with Gasteiger partial charge in [0.1, 0.15) is 11.3 Å². The van der Waals surface area contributed by atoms with E-state index in [1.807, 2.05) is 45.1 Å². The highest BCUT2D eigenvalue weighted by Gasteiger charge is 2.32. The van der Waals surface area contributed by atoms with Crippen molar-refractivity contribution in [2.24, 2.45) is 0 Å². The van der Waals surface area contributed by atoms with Gasteiger partial charge < -0.3 is 18.9 Å². The van der Waals surface area contributed by atoms with Crippen LogP contribution in [-0.4, -0.2) is 35.8 Å². The van der Waals surface area contributed by atoms with Crippen LogP contribution in [0.4, 0.5) is 0 Å². The van der Waals surface area contributed by atoms with Crippen molar-refractivity contribution in [1.82, 2.24) is 9.97 Å². The molecule has 1 aliphatic rings. The van der Waals surface area contributed by atoms with E-state index in [0.717, 1.165) is 16.7 Å². The Balaban J connectivity index is 0.00000114. The minimum Gasteiger partial charge on any atom is -0.461 e. The molecule has 1 aliphatic heterocycles. The molecule has 0 radical (unpaired) electrons. The second-order valence-electron chi connectivity index (χ2n) is 7.15. The molecular formula is C24H31ClN2O5. The van der Waals surface area contributed by atoms with Gasteiger partial charge in [-0.2, -0.15) is 4.98 Å². The number of aromatic nitrogens is 2. The minimum absolute atomic E-state index is 0.0328. The Morgan fingerprint density at radius 3 is 2.28 bits per heavy atom. The van der Waals surface area contributed by atoms with Crippen LogP contribution in [0.1, 0.15) is 73.1 Å². The molecule has 0 amide bonds. The molecule has 1 saturated heterocycles. The third kappa shape index (κ3) is 6.51. The number of carbonyl (C=O) groups excluding carboxylic acids is 1. The van der Waals surface area contributed by atoms with E-state index in [4.69, 9.17) is 30.5 Å². The first-order chi connectivity index (χ1) is 15.4. The Bertz CT molecular complexity index is 933. The van der Waals surface area contributed by atoms with Crippen molar-refractivity contribution in [3.63, 3.8) is 0 Å². The van der Waals surface area contributed by atoms with Crippen molar-refractivity contribution in [3.05, 3.63) is 51.4 Å². The van der Waals surface area contributed by atoms with Crippen LogP contribution in [0.2, 0.25) is 5.28 Å². The van der Waals surface area contributed by atoms with Gasteiger partial charge in [0.25, 0.3) is 0 Å². The number of carbonyl (C=O) groups is 1. The largest absolute Gasteiger partial charge is 0.461 e. The quantitative estimate of drug-likeness (QED) is 0.372. The summed E-state index contributed by atoms with van der Waals surface area (Å²) >= 11 is 6.08. The van der Waals surface area contributed by atoms with Crippen molar-refractivity contribution < 1.29 is 23.7 Å². The highest BCUT2D eigenvalue weighted by atomic mass is 35.5. The van der Waals surface area contributed by atoms with E-state index < -0.39 is 12.3 Å². The molecule has 8 heteroatoms. The average Bonchev–Trinajstić information content (AvgIpc) is 3.25. The van der Waals surface area contributed by atoms with Crippen molar-refractivity contribution in [1.29, 1.82) is 0 Å². The topological polar surface area (TPSA) is 79.8 Å². The maximum absolute atomic E-state index is 12.5. The lowest BCUT2D eigenvalue weighted by molar-refractivity contribution is -0.0468. The third-order valence-electron chi connectivity index (χ3n) is 4.25. The smallest absolute Gasteiger partial charge is 0.357 e. The lowest BCUT2D eigenvalue weighted by Crippen LogP contribution is -2.16. The van der Waals surface area contributed by atoms with Gasteiger partial charge >= 0.3 is 5.97 Å². The average molecular weight is 463 g/mol. The Morgan fingerprint density at radius 2 is 1.75 bits per heavy atom. The Kier molecular flexibility index (Phi) is 10.1. The number of hydrogen-bond donors (Lipinski definition) is 0. The number of halogens is 1. The van der Waals surface area contributed by atoms with Gasteiger partial charge in [-0.1, -0.05) is 32.4 Å². The molecule has 0 spiro atoms. The van der Waals surface area contributed by atoms with E-state index >= 15 is 0 Å². The summed E-state index contributed by atoms with van der Waals surface area (Å²) in [5.41, 5.74) is 3.11. The number of hydrogen-bond acceptors (Lipinski definition) is 7. The fraction of sp³-hybridized carbons (Fsp3) is 0.458. The number of benzene rings is 1. The van der Waals surface area contributed by atoms with E-state index in [-0.39, 0.29) is 29.0 Å². The van der Waals surface area contributed by atoms with Gasteiger partial charge in [-0.05, 0) is 68.1 Å². The summed E-state index contributed by atoms with van der Waals surface area (Å²) in [5.74, 6) is 0.0691. The van der Waals surface area contributed by atoms with Crippen molar-refractivity contribution in [2.75, 3.05) is 19.8 Å². The van der Waals surface area contributed by atoms with Crippen molar-refractivity contribution in [2.45, 2.75) is 54.3 Å². The summed E-state index contributed by atoms with van der Waals surface area (Å²) < 4.78 is 22.4. The molecule has 2 heterocycles. The molecule has 1 aromatic carbocycles. The standard InChI is InChI=1S/C21H23ClN2O5.C3H8/c1-5-7-14-10-12(3)17(13(4)11-14)29-18-15(20-27-8-9-28-20)16(19(25)26-6-2)23-21(22)24-18;1-3-2/h5,7,10-11,20H,6,8-9H2,1-4H3;3H2,1-2H3/b7-5+;. The summed E-state index contributed by atoms with van der Waals surface area (Å²) in [6.45, 7) is 12.7. The van der Waals surface area contributed by atoms with Gasteiger partial charge in [-0.25, -0.2) is 9.78 Å². The van der Waals surface area contributed by atoms with Crippen molar-refractivity contribution in [3.8, 4) is 11.6 Å². The third-order valence-corrected chi connectivity index (χ3v) is 4.42. The molecule has 2 aromatic rings. The van der Waals surface area contributed by atoms with Crippen molar-refractivity contribution >= 4 is 23.6 Å². The second-order valence-corrected chi connectivity index (χ2v) is 7.49. The highest BCUT2D eigenvalue weighted by Crippen LogP contribution is 2.38. The minimum atomic E-state index is -0.843. The molecule has 7 nitrogen and oxygen atoms in total. The monoisotopic (exact) mass is 462 g/mol. The lowest BCUT2D eigenvalue weighted by Gasteiger charge is -2.19. The molecule has 3 rings (SSSR count). The fourth-order valence-corrected chi connectivity index (χ4v) is 3.28. The summed E-state index contributed by atoms with van der Waals surface area (Å²) in [4.78, 5) is 20.7. The van der Waals surface area contributed by atoms with Crippen LogP contribution in [0.5, 0.6) is 11.6 Å². The van der Waals surface area contributed by atoms with Gasteiger partial charge in [0.15, 0.2) is 12.0 Å². The van der Waals surface area contributed by atoms with E-state index in [0.29, 0.717) is 19.0 Å². The van der Waals surface area contributed by atoms with E-state index in [9.17, 15) is 4.79 Å². The zero-order chi connectivity index (χ0) is 23.7. The first-order valence-corrected chi connectivity index (χ1v) is 11.1. The Labute approximate surface area is 194 Å². The number of ether oxygens (including phenoxy) is 4. The molecule has 32 heavy (non-hydrogen) atoms. The maximum atomic E-state index is 12.5. The molecule has 0 bridgehead atoms. The van der Waals surface area contributed by atoms with Gasteiger partial charge in [0.05, 0.1) is 19.8 Å². The van der Waals surface area contributed by atoms with Gasteiger partial charge in [0.2, 0.25) is 11.2 Å². The summed E-state index contributed by atoms with van der Waals surface area (Å²) in [5, 5.41) is -0.134. The van der Waals surface area contributed by atoms with Crippen LogP contribution in [0.15, 0.2) is 18.2 Å². The van der Waals surface area contributed by atoms with E-state index in [1.165, 1.54) is 6.42 Å². The zero-order valence-electron chi connectivity index (χ0n) is 19.5. The lowest BCUT2D eigenvalue weighted by atomic mass is 10.1. The van der Waals surface area contributed by atoms with E-state index in [2.05, 4.69) is 23.8 Å². The fourth-order valence-electron chi connectivity index (χ4n) is 3.12. The normalized spacial score (nSPS) is 13.7. The van der Waals surface area contributed by atoms with Gasteiger partial charge in [0, 0.05) is 0 Å². The van der Waals surface area contributed by atoms with Crippen LogP contribution in [0.3, 0.4) is 0 Å². The molecule has 0 aliphatic carbocycles. The molecule has 1 fully saturated rings. The Morgan fingerprint density at radius 1 is 1.16 bits per heavy atom. The predicted molar refractivity (Wildman–Crippen MR) is 124 cm³/mol. The molecule has 1 aromatic heterocycles. The molecule has 174 valence electrons. The zero-order valence-corrected chi connectivity index (χ0v) is 20.3. The molecule has 0 unspecified atom stereocenters. The summed E-state index contributed by atoms with van der Waals surface area (Å²) in [6, 6.07) is 4.00. The molecule has 0 atom stereocenters. The summed E-state index contributed by atoms with van der Waals surface area (Å²) in [6.07, 6.45) is 4.39. The predicted octanol–water partition coefficient (Wildman–Crippen LogP) is 6.21. The number of allylic oxidation sites excluding steroid dienone is 1. The summed E-state index contributed by atoms with van der Waals surface area (Å²) in [7, 11) is 0. The molecular weight excluding hydrogens is 432 g/mol. The molecule has 0 saturated carbocycles. The SMILES string of the molecule is C/C=C/c1cc(C)c(Oc2nc(Cl)nc(C(=O)OCC)c2C2OCCO2)c(C)c1.CCC. The number of aryl methyl sites for hydroxylation is 2. The van der Waals surface area contributed by atoms with E-state index in [1.54, 1.807) is 6.92 Å². The maximum Gasteiger partial charge on any atom is 0.357 e. The van der Waals surface area contributed by atoms with Crippen LogP contribution in [0, 0.1) is 13.8 Å². The van der Waals surface area contributed by atoms with Crippen LogP contribution < -0.4 is 4.74 Å². The van der Waals surface area contributed by atoms with Crippen LogP contribution in [0.25, 0.3) is 6.08 Å². The number of esters is 1. The van der Waals surface area contributed by atoms with Gasteiger partial charge in [-0.3, -0.25) is 0 Å². The molecule has 0 N–H and O–H groups in total. The first kappa shape index (κ1) is 25.8.